The molecule has 0 aromatic rings. The summed E-state index contributed by atoms with van der Waals surface area (Å²) in [5.41, 5.74) is 5.74. The van der Waals surface area contributed by atoms with Gasteiger partial charge in [0.05, 0.1) is 18.4 Å². The van der Waals surface area contributed by atoms with Gasteiger partial charge in [0.15, 0.2) is 11.6 Å². The first-order chi connectivity index (χ1) is 16.8. The second-order valence-corrected chi connectivity index (χ2v) is 8.66. The van der Waals surface area contributed by atoms with Gasteiger partial charge in [-0.2, -0.15) is 0 Å². The van der Waals surface area contributed by atoms with Crippen LogP contribution in [-0.2, 0) is 38.2 Å². The van der Waals surface area contributed by atoms with Crippen molar-refractivity contribution in [2.75, 3.05) is 0 Å². The molecule has 0 spiro atoms. The number of esters is 2. The second-order valence-electron chi connectivity index (χ2n) is 8.66. The van der Waals surface area contributed by atoms with Gasteiger partial charge in [-0.3, -0.25) is 24.0 Å². The zero-order valence-corrected chi connectivity index (χ0v) is 21.3. The molecule has 0 aliphatic carbocycles. The highest BCUT2D eigenvalue weighted by molar-refractivity contribution is 6.26. The molecule has 36 heavy (non-hydrogen) atoms. The molecule has 0 saturated heterocycles. The van der Waals surface area contributed by atoms with E-state index in [2.05, 4.69) is 17.2 Å². The van der Waals surface area contributed by atoms with Crippen molar-refractivity contribution >= 4 is 41.5 Å². The third-order valence-corrected chi connectivity index (χ3v) is 4.69. The van der Waals surface area contributed by atoms with E-state index in [4.69, 9.17) is 20.6 Å². The Kier molecular flexibility index (Phi) is 15.5. The summed E-state index contributed by atoms with van der Waals surface area (Å²) in [5.74, 6) is -3.70. The Morgan fingerprint density at radius 3 is 1.86 bits per heavy atom. The van der Waals surface area contributed by atoms with Crippen molar-refractivity contribution < 1.29 is 38.2 Å². The average molecular weight is 511 g/mol. The topological polar surface area (TPSA) is 195 Å². The first-order valence-corrected chi connectivity index (χ1v) is 11.8. The summed E-state index contributed by atoms with van der Waals surface area (Å²) in [6.07, 6.45) is 0.125. The van der Waals surface area contributed by atoms with E-state index in [0.29, 0.717) is 6.21 Å². The molecule has 202 valence electrons. The number of carbonyl (C=O) groups excluding carboxylic acids is 6. The Morgan fingerprint density at radius 1 is 0.806 bits per heavy atom. The normalized spacial score (nSPS) is 13.2. The van der Waals surface area contributed by atoms with Crippen LogP contribution < -0.4 is 16.4 Å². The molecule has 0 aliphatic heterocycles. The second kappa shape index (κ2) is 17.1. The van der Waals surface area contributed by atoms with E-state index in [-0.39, 0.29) is 50.4 Å². The van der Waals surface area contributed by atoms with Gasteiger partial charge in [0.2, 0.25) is 11.8 Å². The van der Waals surface area contributed by atoms with Crippen LogP contribution in [0.4, 0.5) is 0 Å². The first kappa shape index (κ1) is 32.6. The number of rotatable bonds is 18. The standard InChI is InChI=1S/C24H38N4O8/c1-6-16(29)7-10-19(27-21(31)12-9-18(26)23(33)35-14(2)3)22(32)28-20(11-8-17(30)13-25)24(34)36-15(4)5/h6,13-15,18-20,25H,1,7-12,26H2,2-5H3,(H,27,31)(H,28,32). The maximum absolute atomic E-state index is 13.0. The molecule has 0 bridgehead atoms. The summed E-state index contributed by atoms with van der Waals surface area (Å²) < 4.78 is 10.1. The summed E-state index contributed by atoms with van der Waals surface area (Å²) in [6, 6.07) is -3.44. The molecule has 0 fully saturated rings. The molecule has 3 unspecified atom stereocenters. The van der Waals surface area contributed by atoms with Crippen LogP contribution in [0.3, 0.4) is 0 Å². The predicted octanol–water partition coefficient (Wildman–Crippen LogP) is 0.501. The van der Waals surface area contributed by atoms with E-state index in [1.54, 1.807) is 27.7 Å². The fraction of sp³-hybridized carbons (Fsp3) is 0.625. The van der Waals surface area contributed by atoms with Crippen LogP contribution in [0.1, 0.15) is 66.2 Å². The van der Waals surface area contributed by atoms with Gasteiger partial charge in [0.1, 0.15) is 18.1 Å². The van der Waals surface area contributed by atoms with E-state index in [0.717, 1.165) is 6.08 Å². The molecule has 0 aromatic carbocycles. The number of nitrogens with one attached hydrogen (secondary N) is 3. The Balaban J connectivity index is 5.39. The van der Waals surface area contributed by atoms with Crippen LogP contribution >= 0.6 is 0 Å². The number of ether oxygens (including phenoxy) is 2. The highest BCUT2D eigenvalue weighted by Gasteiger charge is 2.29. The Morgan fingerprint density at radius 2 is 1.33 bits per heavy atom. The van der Waals surface area contributed by atoms with Crippen LogP contribution in [0.25, 0.3) is 0 Å². The number of amides is 2. The molecule has 12 heteroatoms. The molecule has 0 rings (SSSR count). The molecule has 0 aliphatic rings. The van der Waals surface area contributed by atoms with E-state index in [1.165, 1.54) is 0 Å². The van der Waals surface area contributed by atoms with Gasteiger partial charge in [0.25, 0.3) is 0 Å². The van der Waals surface area contributed by atoms with Gasteiger partial charge in [0, 0.05) is 19.3 Å². The fourth-order valence-electron chi connectivity index (χ4n) is 2.84. The van der Waals surface area contributed by atoms with Gasteiger partial charge in [-0.05, 0) is 53.0 Å². The lowest BCUT2D eigenvalue weighted by atomic mass is 10.0. The van der Waals surface area contributed by atoms with Crippen LogP contribution in [0.2, 0.25) is 0 Å². The molecule has 0 radical (unpaired) electrons. The fourth-order valence-corrected chi connectivity index (χ4v) is 2.84. The molecule has 0 saturated carbocycles. The van der Waals surface area contributed by atoms with E-state index in [9.17, 15) is 28.8 Å². The van der Waals surface area contributed by atoms with Crippen molar-refractivity contribution in [3.8, 4) is 0 Å². The third kappa shape index (κ3) is 14.1. The SMILES string of the molecule is C=CC(=O)CCC(NC(=O)CCC(N)C(=O)OC(C)C)C(=O)NC(CCC(=O)C=N)C(=O)OC(C)C. The number of ketones is 2. The van der Waals surface area contributed by atoms with Crippen molar-refractivity contribution in [2.45, 2.75) is 96.6 Å². The Bertz CT molecular complexity index is 825. The lowest BCUT2D eigenvalue weighted by Gasteiger charge is -2.23. The van der Waals surface area contributed by atoms with Crippen LogP contribution in [-0.4, -0.2) is 71.9 Å². The zero-order chi connectivity index (χ0) is 27.8. The molecule has 12 nitrogen and oxygen atoms in total. The zero-order valence-electron chi connectivity index (χ0n) is 21.3. The summed E-state index contributed by atoms with van der Waals surface area (Å²) in [7, 11) is 0. The Labute approximate surface area is 211 Å². The quantitative estimate of drug-likeness (QED) is 0.115. The summed E-state index contributed by atoms with van der Waals surface area (Å²) in [6.45, 7) is 9.93. The monoisotopic (exact) mass is 510 g/mol. The summed E-state index contributed by atoms with van der Waals surface area (Å²) in [5, 5.41) is 12.0. The largest absolute Gasteiger partial charge is 0.462 e. The molecule has 3 atom stereocenters. The van der Waals surface area contributed by atoms with Crippen LogP contribution in [0.15, 0.2) is 12.7 Å². The number of hydrogen-bond donors (Lipinski definition) is 4. The van der Waals surface area contributed by atoms with E-state index in [1.807, 2.05) is 0 Å². The number of allylic oxidation sites excluding steroid dienone is 1. The highest BCUT2D eigenvalue weighted by atomic mass is 16.5. The minimum Gasteiger partial charge on any atom is -0.462 e. The van der Waals surface area contributed by atoms with Crippen molar-refractivity contribution in [1.82, 2.24) is 10.6 Å². The van der Waals surface area contributed by atoms with Gasteiger partial charge in [-0.25, -0.2) is 4.79 Å². The van der Waals surface area contributed by atoms with E-state index >= 15 is 0 Å². The molecule has 5 N–H and O–H groups in total. The molecule has 0 heterocycles. The molecular weight excluding hydrogens is 472 g/mol. The van der Waals surface area contributed by atoms with Gasteiger partial charge < -0.3 is 31.3 Å². The lowest BCUT2D eigenvalue weighted by molar-refractivity contribution is -0.152. The first-order valence-electron chi connectivity index (χ1n) is 11.8. The molecule has 0 aromatic heterocycles. The maximum atomic E-state index is 13.0. The minimum atomic E-state index is -1.21. The van der Waals surface area contributed by atoms with Crippen molar-refractivity contribution in [1.29, 1.82) is 5.41 Å². The molecule has 2 amide bonds. The maximum Gasteiger partial charge on any atom is 0.328 e. The van der Waals surface area contributed by atoms with Gasteiger partial charge in [-0.15, -0.1) is 0 Å². The summed E-state index contributed by atoms with van der Waals surface area (Å²) >= 11 is 0. The lowest BCUT2D eigenvalue weighted by Crippen LogP contribution is -2.52. The average Bonchev–Trinajstić information content (AvgIpc) is 2.80. The van der Waals surface area contributed by atoms with Crippen LogP contribution in [0, 0.1) is 5.41 Å². The van der Waals surface area contributed by atoms with Crippen molar-refractivity contribution in [3.63, 3.8) is 0 Å². The molecular formula is C24H38N4O8. The van der Waals surface area contributed by atoms with E-state index < -0.39 is 53.8 Å². The van der Waals surface area contributed by atoms with Gasteiger partial charge >= 0.3 is 11.9 Å². The van der Waals surface area contributed by atoms with Crippen molar-refractivity contribution in [2.24, 2.45) is 5.73 Å². The minimum absolute atomic E-state index is 0.0353. The third-order valence-electron chi connectivity index (χ3n) is 4.69. The smallest absolute Gasteiger partial charge is 0.328 e. The number of nitrogens with two attached hydrogens (primary N) is 1. The number of carbonyl (C=O) groups is 6. The predicted molar refractivity (Wildman–Crippen MR) is 131 cm³/mol. The van der Waals surface area contributed by atoms with Crippen molar-refractivity contribution in [3.05, 3.63) is 12.7 Å². The van der Waals surface area contributed by atoms with Gasteiger partial charge in [-0.1, -0.05) is 6.58 Å². The number of Topliss-reactive ketones (excluding diaryl/α,β-unsaturated/α-hetero) is 1. The summed E-state index contributed by atoms with van der Waals surface area (Å²) in [4.78, 5) is 72.9. The Hall–Kier alpha value is -3.41. The van der Waals surface area contributed by atoms with Crippen LogP contribution in [0.5, 0.6) is 0 Å². The highest BCUT2D eigenvalue weighted by Crippen LogP contribution is 2.08. The number of hydrogen-bond acceptors (Lipinski definition) is 10.